The van der Waals surface area contributed by atoms with Crippen LogP contribution in [0.4, 0.5) is 5.69 Å². The Hall–Kier alpha value is -2.14. The summed E-state index contributed by atoms with van der Waals surface area (Å²) in [4.78, 5) is 14.6. The van der Waals surface area contributed by atoms with E-state index in [1.807, 2.05) is 30.3 Å². The molecule has 0 bridgehead atoms. The quantitative estimate of drug-likeness (QED) is 0.816. The van der Waals surface area contributed by atoms with Crippen molar-refractivity contribution >= 4 is 35.1 Å². The second kappa shape index (κ2) is 4.80. The Morgan fingerprint density at radius 2 is 2.24 bits per heavy atom. The zero-order valence-electron chi connectivity index (χ0n) is 8.83. The van der Waals surface area contributed by atoms with E-state index in [0.29, 0.717) is 10.7 Å². The van der Waals surface area contributed by atoms with E-state index in [4.69, 9.17) is 10.8 Å². The maximum atomic E-state index is 10.6. The average Bonchev–Trinajstić information content (AvgIpc) is 2.75. The SMILES string of the molecule is Nc1cccc(/C=C/c2nc(C(=O)O)cs2)c1. The van der Waals surface area contributed by atoms with Gasteiger partial charge in [-0.15, -0.1) is 11.3 Å². The lowest BCUT2D eigenvalue weighted by molar-refractivity contribution is 0.0691. The van der Waals surface area contributed by atoms with Crippen LogP contribution in [0.2, 0.25) is 0 Å². The van der Waals surface area contributed by atoms with Crippen LogP contribution in [0, 0.1) is 0 Å². The lowest BCUT2D eigenvalue weighted by atomic mass is 10.2. The molecule has 0 aliphatic rings. The number of nitrogens with zero attached hydrogens (tertiary/aromatic N) is 1. The van der Waals surface area contributed by atoms with Crippen molar-refractivity contribution in [3.05, 3.63) is 45.9 Å². The summed E-state index contributed by atoms with van der Waals surface area (Å²) in [6.07, 6.45) is 3.62. The molecule has 0 aliphatic carbocycles. The van der Waals surface area contributed by atoms with E-state index in [1.165, 1.54) is 16.7 Å². The van der Waals surface area contributed by atoms with Gasteiger partial charge in [0.15, 0.2) is 5.69 Å². The summed E-state index contributed by atoms with van der Waals surface area (Å²) in [5.41, 5.74) is 7.37. The van der Waals surface area contributed by atoms with Crippen molar-refractivity contribution in [1.29, 1.82) is 0 Å². The Kier molecular flexibility index (Phi) is 3.20. The molecule has 0 saturated carbocycles. The van der Waals surface area contributed by atoms with Crippen molar-refractivity contribution < 1.29 is 9.90 Å². The van der Waals surface area contributed by atoms with Gasteiger partial charge >= 0.3 is 5.97 Å². The number of nitrogens with two attached hydrogens (primary N) is 1. The molecule has 5 heteroatoms. The van der Waals surface area contributed by atoms with E-state index in [2.05, 4.69) is 4.98 Å². The number of aromatic nitrogens is 1. The predicted octanol–water partition coefficient (Wildman–Crippen LogP) is 2.59. The average molecular weight is 246 g/mol. The number of carbonyl (C=O) groups is 1. The summed E-state index contributed by atoms with van der Waals surface area (Å²) in [6.45, 7) is 0. The van der Waals surface area contributed by atoms with Gasteiger partial charge in [-0.25, -0.2) is 9.78 Å². The van der Waals surface area contributed by atoms with Crippen molar-refractivity contribution in [3.63, 3.8) is 0 Å². The molecule has 0 atom stereocenters. The van der Waals surface area contributed by atoms with E-state index in [9.17, 15) is 4.79 Å². The number of hydrogen-bond donors (Lipinski definition) is 2. The highest BCUT2D eigenvalue weighted by molar-refractivity contribution is 7.10. The number of anilines is 1. The van der Waals surface area contributed by atoms with Gasteiger partial charge < -0.3 is 10.8 Å². The molecule has 4 nitrogen and oxygen atoms in total. The topological polar surface area (TPSA) is 76.2 Å². The number of carboxylic acid groups (broad SMARTS) is 1. The van der Waals surface area contributed by atoms with Crippen molar-refractivity contribution in [2.75, 3.05) is 5.73 Å². The van der Waals surface area contributed by atoms with Crippen molar-refractivity contribution in [3.8, 4) is 0 Å². The van der Waals surface area contributed by atoms with Gasteiger partial charge in [0, 0.05) is 11.1 Å². The largest absolute Gasteiger partial charge is 0.476 e. The second-order valence-electron chi connectivity index (χ2n) is 3.38. The zero-order valence-corrected chi connectivity index (χ0v) is 9.65. The van der Waals surface area contributed by atoms with Crippen LogP contribution in [0.1, 0.15) is 21.1 Å². The monoisotopic (exact) mass is 246 g/mol. The van der Waals surface area contributed by atoms with Gasteiger partial charge in [-0.2, -0.15) is 0 Å². The van der Waals surface area contributed by atoms with E-state index in [1.54, 1.807) is 6.08 Å². The Labute approximate surface area is 102 Å². The number of nitrogen functional groups attached to an aromatic ring is 1. The second-order valence-corrected chi connectivity index (χ2v) is 4.27. The number of aromatic carboxylic acids is 1. The van der Waals surface area contributed by atoms with E-state index >= 15 is 0 Å². The minimum absolute atomic E-state index is 0.0715. The first-order chi connectivity index (χ1) is 8.15. The van der Waals surface area contributed by atoms with Gasteiger partial charge in [-0.3, -0.25) is 0 Å². The minimum Gasteiger partial charge on any atom is -0.476 e. The molecule has 1 heterocycles. The van der Waals surface area contributed by atoms with Crippen LogP contribution in [0.25, 0.3) is 12.2 Å². The first kappa shape index (κ1) is 11.3. The van der Waals surface area contributed by atoms with Crippen LogP contribution in [0.3, 0.4) is 0 Å². The summed E-state index contributed by atoms with van der Waals surface area (Å²) in [6, 6.07) is 7.42. The Morgan fingerprint density at radius 3 is 2.88 bits per heavy atom. The molecule has 86 valence electrons. The Balaban J connectivity index is 2.17. The molecule has 2 aromatic rings. The number of benzene rings is 1. The lowest BCUT2D eigenvalue weighted by Gasteiger charge is -1.94. The molecule has 0 fully saturated rings. The molecule has 0 unspecified atom stereocenters. The molecule has 1 aromatic heterocycles. The standard InChI is InChI=1S/C12H10N2O2S/c13-9-3-1-2-8(6-9)4-5-11-14-10(7-17-11)12(15)16/h1-7H,13H2,(H,15,16)/b5-4+. The normalized spacial score (nSPS) is 10.8. The number of carboxylic acids is 1. The van der Waals surface area contributed by atoms with Crippen LogP contribution in [-0.2, 0) is 0 Å². The Bertz CT molecular complexity index is 575. The fourth-order valence-corrected chi connectivity index (χ4v) is 1.98. The molecule has 0 saturated heterocycles. The summed E-state index contributed by atoms with van der Waals surface area (Å²) in [7, 11) is 0. The minimum atomic E-state index is -1.01. The molecule has 0 aliphatic heterocycles. The van der Waals surface area contributed by atoms with Crippen molar-refractivity contribution in [2.24, 2.45) is 0 Å². The van der Waals surface area contributed by atoms with Crippen LogP contribution in [-0.4, -0.2) is 16.1 Å². The van der Waals surface area contributed by atoms with Gasteiger partial charge in [0.05, 0.1) is 0 Å². The molecule has 1 aromatic carbocycles. The summed E-state index contributed by atoms with van der Waals surface area (Å²) < 4.78 is 0. The van der Waals surface area contributed by atoms with Gasteiger partial charge in [-0.1, -0.05) is 18.2 Å². The first-order valence-corrected chi connectivity index (χ1v) is 5.75. The summed E-state index contributed by atoms with van der Waals surface area (Å²) in [5, 5.41) is 10.9. The van der Waals surface area contributed by atoms with Crippen molar-refractivity contribution in [2.45, 2.75) is 0 Å². The molecule has 3 N–H and O–H groups in total. The van der Waals surface area contributed by atoms with Gasteiger partial charge in [0.1, 0.15) is 5.01 Å². The Morgan fingerprint density at radius 1 is 1.41 bits per heavy atom. The smallest absolute Gasteiger partial charge is 0.355 e. The maximum absolute atomic E-state index is 10.6. The highest BCUT2D eigenvalue weighted by Gasteiger charge is 2.06. The van der Waals surface area contributed by atoms with Gasteiger partial charge in [0.2, 0.25) is 0 Å². The molecular weight excluding hydrogens is 236 g/mol. The first-order valence-electron chi connectivity index (χ1n) is 4.87. The zero-order chi connectivity index (χ0) is 12.3. The number of hydrogen-bond acceptors (Lipinski definition) is 4. The highest BCUT2D eigenvalue weighted by atomic mass is 32.1. The van der Waals surface area contributed by atoms with Gasteiger partial charge in [0.25, 0.3) is 0 Å². The van der Waals surface area contributed by atoms with Crippen LogP contribution < -0.4 is 5.73 Å². The molecular formula is C12H10N2O2S. The van der Waals surface area contributed by atoms with E-state index in [-0.39, 0.29) is 5.69 Å². The third kappa shape index (κ3) is 2.92. The molecule has 17 heavy (non-hydrogen) atoms. The summed E-state index contributed by atoms with van der Waals surface area (Å²) >= 11 is 1.29. The van der Waals surface area contributed by atoms with Crippen LogP contribution >= 0.6 is 11.3 Å². The fraction of sp³-hybridized carbons (Fsp3) is 0. The third-order valence-corrected chi connectivity index (χ3v) is 2.88. The van der Waals surface area contributed by atoms with Crippen LogP contribution in [0.15, 0.2) is 29.6 Å². The third-order valence-electron chi connectivity index (χ3n) is 2.07. The molecule has 0 radical (unpaired) electrons. The van der Waals surface area contributed by atoms with E-state index < -0.39 is 5.97 Å². The van der Waals surface area contributed by atoms with Crippen molar-refractivity contribution in [1.82, 2.24) is 4.98 Å². The number of thiazole rings is 1. The maximum Gasteiger partial charge on any atom is 0.355 e. The fourth-order valence-electron chi connectivity index (χ4n) is 1.29. The molecule has 0 spiro atoms. The van der Waals surface area contributed by atoms with Crippen LogP contribution in [0.5, 0.6) is 0 Å². The molecule has 0 amide bonds. The highest BCUT2D eigenvalue weighted by Crippen LogP contribution is 2.15. The number of rotatable bonds is 3. The predicted molar refractivity (Wildman–Crippen MR) is 68.9 cm³/mol. The van der Waals surface area contributed by atoms with Gasteiger partial charge in [-0.05, 0) is 23.8 Å². The summed E-state index contributed by atoms with van der Waals surface area (Å²) in [5.74, 6) is -1.01. The van der Waals surface area contributed by atoms with E-state index in [0.717, 1.165) is 5.56 Å². The molecule has 2 rings (SSSR count). The lowest BCUT2D eigenvalue weighted by Crippen LogP contribution is -1.95.